The molecule has 0 spiro atoms. The van der Waals surface area contributed by atoms with Crippen LogP contribution in [0, 0.1) is 5.82 Å². The van der Waals surface area contributed by atoms with Crippen LogP contribution < -0.4 is 5.32 Å². The van der Waals surface area contributed by atoms with E-state index in [0.29, 0.717) is 11.1 Å². The maximum Gasteiger partial charge on any atom is 0.247 e. The van der Waals surface area contributed by atoms with Gasteiger partial charge in [-0.3, -0.25) is 9.59 Å². The number of aliphatic hydroxyl groups excluding tert-OH is 1. The van der Waals surface area contributed by atoms with Crippen molar-refractivity contribution in [1.82, 2.24) is 10.2 Å². The molecule has 160 valence electrons. The molecular weight excluding hydrogens is 395 g/mol. The smallest absolute Gasteiger partial charge is 0.247 e. The first-order valence-electron chi connectivity index (χ1n) is 10.1. The van der Waals surface area contributed by atoms with Gasteiger partial charge in [-0.2, -0.15) is 0 Å². The fourth-order valence-corrected chi connectivity index (χ4v) is 3.37. The molecule has 3 rings (SSSR count). The molecule has 0 fully saturated rings. The highest BCUT2D eigenvalue weighted by molar-refractivity contribution is 5.89. The number of aliphatic hydroxyl groups is 1. The lowest BCUT2D eigenvalue weighted by Crippen LogP contribution is -2.44. The summed E-state index contributed by atoms with van der Waals surface area (Å²) >= 11 is 0. The lowest BCUT2D eigenvalue weighted by molar-refractivity contribution is -0.141. The van der Waals surface area contributed by atoms with Crippen LogP contribution >= 0.6 is 0 Å². The topological polar surface area (TPSA) is 69.6 Å². The summed E-state index contributed by atoms with van der Waals surface area (Å²) in [5.74, 6) is -0.987. The summed E-state index contributed by atoms with van der Waals surface area (Å²) in [4.78, 5) is 28.0. The number of halogens is 1. The number of benzene rings is 3. The molecule has 0 saturated carbocycles. The van der Waals surface area contributed by atoms with E-state index in [-0.39, 0.29) is 43.7 Å². The highest BCUT2D eigenvalue weighted by Crippen LogP contribution is 2.25. The maximum absolute atomic E-state index is 13.4. The summed E-state index contributed by atoms with van der Waals surface area (Å²) in [5, 5.41) is 11.8. The van der Waals surface area contributed by atoms with Gasteiger partial charge in [0.05, 0.1) is 13.0 Å². The average molecular weight is 420 g/mol. The van der Waals surface area contributed by atoms with Crippen molar-refractivity contribution >= 4 is 11.8 Å². The van der Waals surface area contributed by atoms with Crippen molar-refractivity contribution in [3.05, 3.63) is 107 Å². The molecule has 1 atom stereocenters. The molecule has 2 amide bonds. The van der Waals surface area contributed by atoms with Crippen LogP contribution in [-0.2, 0) is 22.6 Å². The zero-order valence-corrected chi connectivity index (χ0v) is 17.1. The molecule has 0 aliphatic carbocycles. The number of amides is 2. The van der Waals surface area contributed by atoms with Crippen molar-refractivity contribution in [1.29, 1.82) is 0 Å². The largest absolute Gasteiger partial charge is 0.395 e. The van der Waals surface area contributed by atoms with Gasteiger partial charge in [0.1, 0.15) is 11.9 Å². The minimum atomic E-state index is -0.894. The number of hydrogen-bond acceptors (Lipinski definition) is 3. The standard InChI is InChI=1S/C25H25FN2O3/c26-22-13-11-20(12-14-22)18-28(23(30)17-19-7-3-1-4-8-19)24(25(31)27-15-16-29)21-9-5-2-6-10-21/h1-14,24,29H,15-18H2,(H,27,31)/t24-/m1/s1. The quantitative estimate of drug-likeness (QED) is 0.558. The Labute approximate surface area is 181 Å². The molecule has 2 N–H and O–H groups in total. The van der Waals surface area contributed by atoms with Gasteiger partial charge in [0.15, 0.2) is 0 Å². The van der Waals surface area contributed by atoms with Gasteiger partial charge in [0.25, 0.3) is 0 Å². The number of rotatable bonds is 9. The van der Waals surface area contributed by atoms with Crippen molar-refractivity contribution in [3.8, 4) is 0 Å². The number of hydrogen-bond donors (Lipinski definition) is 2. The molecule has 0 saturated heterocycles. The van der Waals surface area contributed by atoms with Crippen LogP contribution in [0.3, 0.4) is 0 Å². The van der Waals surface area contributed by atoms with E-state index in [0.717, 1.165) is 5.56 Å². The molecule has 0 radical (unpaired) electrons. The SMILES string of the molecule is O=C(NCCO)[C@@H](c1ccccc1)N(Cc1ccc(F)cc1)C(=O)Cc1ccccc1. The van der Waals surface area contributed by atoms with Crippen LogP contribution in [-0.4, -0.2) is 35.0 Å². The van der Waals surface area contributed by atoms with Gasteiger partial charge in [0, 0.05) is 13.1 Å². The van der Waals surface area contributed by atoms with E-state index in [1.54, 1.807) is 36.4 Å². The van der Waals surface area contributed by atoms with Gasteiger partial charge in [-0.1, -0.05) is 72.8 Å². The van der Waals surface area contributed by atoms with Crippen LogP contribution in [0.5, 0.6) is 0 Å². The van der Waals surface area contributed by atoms with E-state index < -0.39 is 6.04 Å². The van der Waals surface area contributed by atoms with Crippen molar-refractivity contribution in [3.63, 3.8) is 0 Å². The molecule has 3 aromatic carbocycles. The summed E-state index contributed by atoms with van der Waals surface area (Å²) in [7, 11) is 0. The van der Waals surface area contributed by atoms with Crippen LogP contribution in [0.4, 0.5) is 4.39 Å². The molecular formula is C25H25FN2O3. The first-order valence-corrected chi connectivity index (χ1v) is 10.1. The number of carbonyl (C=O) groups excluding carboxylic acids is 2. The van der Waals surface area contributed by atoms with Crippen LogP contribution in [0.2, 0.25) is 0 Å². The van der Waals surface area contributed by atoms with Crippen molar-refractivity contribution < 1.29 is 19.1 Å². The van der Waals surface area contributed by atoms with E-state index in [2.05, 4.69) is 5.32 Å². The van der Waals surface area contributed by atoms with E-state index >= 15 is 0 Å². The van der Waals surface area contributed by atoms with E-state index in [1.807, 2.05) is 36.4 Å². The van der Waals surface area contributed by atoms with Gasteiger partial charge in [0.2, 0.25) is 11.8 Å². The van der Waals surface area contributed by atoms with Gasteiger partial charge in [-0.05, 0) is 28.8 Å². The number of nitrogens with one attached hydrogen (secondary N) is 1. The molecule has 5 nitrogen and oxygen atoms in total. The lowest BCUT2D eigenvalue weighted by Gasteiger charge is -2.31. The van der Waals surface area contributed by atoms with E-state index in [4.69, 9.17) is 5.11 Å². The molecule has 0 heterocycles. The lowest BCUT2D eigenvalue weighted by atomic mass is 10.0. The summed E-state index contributed by atoms with van der Waals surface area (Å²) in [6, 6.07) is 23.3. The summed E-state index contributed by atoms with van der Waals surface area (Å²) < 4.78 is 13.4. The van der Waals surface area contributed by atoms with E-state index in [9.17, 15) is 14.0 Å². The van der Waals surface area contributed by atoms with Crippen molar-refractivity contribution in [2.75, 3.05) is 13.2 Å². The third kappa shape index (κ3) is 6.23. The molecule has 0 aromatic heterocycles. The fraction of sp³-hybridized carbons (Fsp3) is 0.200. The summed E-state index contributed by atoms with van der Waals surface area (Å²) in [6.07, 6.45) is 0.124. The number of nitrogens with zero attached hydrogens (tertiary/aromatic N) is 1. The van der Waals surface area contributed by atoms with Gasteiger partial charge in [-0.25, -0.2) is 4.39 Å². The molecule has 31 heavy (non-hydrogen) atoms. The molecule has 0 bridgehead atoms. The van der Waals surface area contributed by atoms with Crippen LogP contribution in [0.25, 0.3) is 0 Å². The van der Waals surface area contributed by atoms with Crippen molar-refractivity contribution in [2.45, 2.75) is 19.0 Å². The predicted octanol–water partition coefficient (Wildman–Crippen LogP) is 3.25. The second kappa shape index (κ2) is 11.0. The Morgan fingerprint density at radius 1 is 0.871 bits per heavy atom. The third-order valence-electron chi connectivity index (χ3n) is 4.87. The summed E-state index contributed by atoms with van der Waals surface area (Å²) in [5.41, 5.74) is 2.19. The second-order valence-corrected chi connectivity index (χ2v) is 7.14. The Hall–Kier alpha value is -3.51. The Kier molecular flexibility index (Phi) is 7.90. The Morgan fingerprint density at radius 2 is 1.48 bits per heavy atom. The highest BCUT2D eigenvalue weighted by atomic mass is 19.1. The number of carbonyl (C=O) groups is 2. The minimum Gasteiger partial charge on any atom is -0.395 e. The first-order chi connectivity index (χ1) is 15.1. The first kappa shape index (κ1) is 22.2. The van der Waals surface area contributed by atoms with Gasteiger partial charge in [-0.15, -0.1) is 0 Å². The second-order valence-electron chi connectivity index (χ2n) is 7.14. The highest BCUT2D eigenvalue weighted by Gasteiger charge is 2.31. The fourth-order valence-electron chi connectivity index (χ4n) is 3.37. The van der Waals surface area contributed by atoms with Crippen molar-refractivity contribution in [2.24, 2.45) is 0 Å². The zero-order valence-electron chi connectivity index (χ0n) is 17.1. The average Bonchev–Trinajstić information content (AvgIpc) is 2.80. The molecule has 0 unspecified atom stereocenters. The summed E-state index contributed by atoms with van der Waals surface area (Å²) in [6.45, 7) is 0.0145. The molecule has 0 aliphatic rings. The van der Waals surface area contributed by atoms with E-state index in [1.165, 1.54) is 17.0 Å². The molecule has 3 aromatic rings. The third-order valence-corrected chi connectivity index (χ3v) is 4.87. The van der Waals surface area contributed by atoms with Gasteiger partial charge < -0.3 is 15.3 Å². The van der Waals surface area contributed by atoms with Crippen LogP contribution in [0.1, 0.15) is 22.7 Å². The van der Waals surface area contributed by atoms with Crippen LogP contribution in [0.15, 0.2) is 84.9 Å². The Morgan fingerprint density at radius 3 is 2.10 bits per heavy atom. The monoisotopic (exact) mass is 420 g/mol. The normalized spacial score (nSPS) is 11.5. The Bertz CT molecular complexity index is 979. The van der Waals surface area contributed by atoms with Gasteiger partial charge >= 0.3 is 0 Å². The molecule has 6 heteroatoms. The minimum absolute atomic E-state index is 0.0828. The molecule has 0 aliphatic heterocycles. The Balaban J connectivity index is 1.97. The zero-order chi connectivity index (χ0) is 22.1. The predicted molar refractivity (Wildman–Crippen MR) is 116 cm³/mol. The maximum atomic E-state index is 13.4.